The Bertz CT molecular complexity index is 2080. The van der Waals surface area contributed by atoms with E-state index in [2.05, 4.69) is 20.8 Å². The Morgan fingerprint density at radius 1 is 0.685 bits per heavy atom. The van der Waals surface area contributed by atoms with Crippen LogP contribution in [-0.2, 0) is 19.0 Å². The molecule has 0 aliphatic heterocycles. The van der Waals surface area contributed by atoms with Gasteiger partial charge in [-0.25, -0.2) is 9.59 Å². The molecule has 0 N–H and O–H groups in total. The van der Waals surface area contributed by atoms with Gasteiger partial charge < -0.3 is 14.2 Å². The summed E-state index contributed by atoms with van der Waals surface area (Å²) in [6.07, 6.45) is 11.8. The maximum atomic E-state index is 14.4. The van der Waals surface area contributed by atoms with E-state index in [-0.39, 0.29) is 23.5 Å². The molecule has 4 fully saturated rings. The zero-order valence-corrected chi connectivity index (χ0v) is 32.7. The first-order chi connectivity index (χ1) is 26.0. The highest BCUT2D eigenvalue weighted by Crippen LogP contribution is 2.68. The molecule has 6 nitrogen and oxygen atoms in total. The molecule has 0 aromatic heterocycles. The van der Waals surface area contributed by atoms with E-state index >= 15 is 0 Å². The lowest BCUT2D eigenvalue weighted by molar-refractivity contribution is -0.141. The first-order valence-electron chi connectivity index (χ1n) is 20.5. The molecule has 9 atom stereocenters. The lowest BCUT2D eigenvalue weighted by Crippen LogP contribution is -2.54. The number of hydrogen-bond donors (Lipinski definition) is 0. The van der Waals surface area contributed by atoms with Gasteiger partial charge in [0, 0.05) is 6.42 Å². The van der Waals surface area contributed by atoms with Gasteiger partial charge in [-0.2, -0.15) is 0 Å². The lowest BCUT2D eigenvalue weighted by Gasteiger charge is -2.61. The predicted molar refractivity (Wildman–Crippen MR) is 213 cm³/mol. The van der Waals surface area contributed by atoms with Crippen LogP contribution in [0.3, 0.4) is 0 Å². The maximum Gasteiger partial charge on any atom is 0.339 e. The third-order valence-electron chi connectivity index (χ3n) is 15.4. The predicted octanol–water partition coefficient (Wildman–Crippen LogP) is 11.2. The number of ether oxygens (including phenoxy) is 3. The van der Waals surface area contributed by atoms with Crippen molar-refractivity contribution in [2.75, 3.05) is 14.2 Å². The average molecular weight is 729 g/mol. The zero-order chi connectivity index (χ0) is 37.8. The molecule has 6 heteroatoms. The molecule has 4 aliphatic carbocycles. The summed E-state index contributed by atoms with van der Waals surface area (Å²) in [7, 11) is 2.89. The monoisotopic (exact) mass is 728 g/mol. The minimum absolute atomic E-state index is 0.0897. The van der Waals surface area contributed by atoms with Crippen LogP contribution in [-0.4, -0.2) is 38.2 Å². The number of methoxy groups -OCH3 is 2. The van der Waals surface area contributed by atoms with E-state index in [4.69, 9.17) is 14.2 Å². The second-order valence-corrected chi connectivity index (χ2v) is 17.8. The highest BCUT2D eigenvalue weighted by atomic mass is 16.5. The number of esters is 3. The van der Waals surface area contributed by atoms with Crippen molar-refractivity contribution in [2.24, 2.45) is 46.3 Å². The summed E-state index contributed by atoms with van der Waals surface area (Å²) in [5.74, 6) is 3.12. The summed E-state index contributed by atoms with van der Waals surface area (Å²) in [5.41, 5.74) is 2.88. The molecule has 0 unspecified atom stereocenters. The average Bonchev–Trinajstić information content (AvgIpc) is 3.55. The van der Waals surface area contributed by atoms with Gasteiger partial charge in [0.05, 0.1) is 25.3 Å². The Balaban J connectivity index is 1.02. The van der Waals surface area contributed by atoms with Crippen LogP contribution in [0.2, 0.25) is 0 Å². The first kappa shape index (κ1) is 36.8. The standard InChI is InChI=1S/C48H56O6/c1-29(14-19-44(49)52-4)41-17-18-42-36-16-15-34-28-35(20-22-47(34,2)43(36)21-23-48(41,42)3)54-46(51)40-27-33-13-9-7-11-31(33)25-38(40)37-24-30-10-6-8-12-32(30)26-39(37)45(50)53-5/h6-13,24-27,29,34-36,41-43H,14-23,28H2,1-5H3/t29-,34-,35-,36+,41-,42+,43+,47+,48-/m1/s1. The molecule has 4 aliphatic rings. The minimum Gasteiger partial charge on any atom is -0.469 e. The van der Waals surface area contributed by atoms with E-state index in [1.54, 1.807) is 0 Å². The molecular formula is C48H56O6. The van der Waals surface area contributed by atoms with Gasteiger partial charge >= 0.3 is 17.9 Å². The summed E-state index contributed by atoms with van der Waals surface area (Å²) in [6.45, 7) is 7.52. The van der Waals surface area contributed by atoms with Crippen LogP contribution >= 0.6 is 0 Å². The Hall–Kier alpha value is -4.19. The molecule has 0 heterocycles. The second-order valence-electron chi connectivity index (χ2n) is 17.8. The molecule has 0 bridgehead atoms. The highest BCUT2D eigenvalue weighted by Gasteiger charge is 2.60. The Labute approximate surface area is 320 Å². The molecule has 0 amide bonds. The van der Waals surface area contributed by atoms with Gasteiger partial charge in [-0.1, -0.05) is 69.3 Å². The van der Waals surface area contributed by atoms with Crippen LogP contribution < -0.4 is 0 Å². The van der Waals surface area contributed by atoms with Crippen LogP contribution in [0, 0.1) is 46.3 Å². The fourth-order valence-electron chi connectivity index (χ4n) is 12.5. The van der Waals surface area contributed by atoms with Gasteiger partial charge in [0.1, 0.15) is 6.10 Å². The number of rotatable bonds is 8. The van der Waals surface area contributed by atoms with Crippen LogP contribution in [0.4, 0.5) is 0 Å². The second kappa shape index (κ2) is 14.5. The Kier molecular flexibility index (Phi) is 9.85. The molecular weight excluding hydrogens is 673 g/mol. The van der Waals surface area contributed by atoms with E-state index in [9.17, 15) is 14.4 Å². The quantitative estimate of drug-likeness (QED) is 0.133. The van der Waals surface area contributed by atoms with Crippen molar-refractivity contribution in [3.8, 4) is 11.1 Å². The molecule has 0 saturated heterocycles. The minimum atomic E-state index is -0.436. The van der Waals surface area contributed by atoms with Crippen LogP contribution in [0.5, 0.6) is 0 Å². The normalized spacial score (nSPS) is 30.8. The summed E-state index contributed by atoms with van der Waals surface area (Å²) in [6, 6.07) is 23.8. The van der Waals surface area contributed by atoms with Crippen LogP contribution in [0.1, 0.15) is 112 Å². The number of carbonyl (C=O) groups is 3. The Morgan fingerprint density at radius 2 is 1.26 bits per heavy atom. The Morgan fingerprint density at radius 3 is 1.87 bits per heavy atom. The van der Waals surface area contributed by atoms with Gasteiger partial charge in [0.2, 0.25) is 0 Å². The fourth-order valence-corrected chi connectivity index (χ4v) is 12.5. The molecule has 0 spiro atoms. The van der Waals surface area contributed by atoms with Gasteiger partial charge in [-0.15, -0.1) is 0 Å². The molecule has 284 valence electrons. The van der Waals surface area contributed by atoms with Gasteiger partial charge in [-0.3, -0.25) is 4.79 Å². The number of benzene rings is 4. The largest absolute Gasteiger partial charge is 0.469 e. The summed E-state index contributed by atoms with van der Waals surface area (Å²) in [5, 5.41) is 3.87. The zero-order valence-electron chi connectivity index (χ0n) is 32.7. The van der Waals surface area contributed by atoms with E-state index in [1.165, 1.54) is 52.7 Å². The van der Waals surface area contributed by atoms with Crippen molar-refractivity contribution in [1.29, 1.82) is 0 Å². The van der Waals surface area contributed by atoms with Gasteiger partial charge in [0.25, 0.3) is 0 Å². The third kappa shape index (κ3) is 6.31. The molecule has 0 radical (unpaired) electrons. The molecule has 4 aromatic carbocycles. The van der Waals surface area contributed by atoms with Gasteiger partial charge in [0.15, 0.2) is 0 Å². The van der Waals surface area contributed by atoms with E-state index in [0.29, 0.717) is 57.8 Å². The van der Waals surface area contributed by atoms with Crippen LogP contribution in [0.25, 0.3) is 32.7 Å². The summed E-state index contributed by atoms with van der Waals surface area (Å²) >= 11 is 0. The van der Waals surface area contributed by atoms with Crippen molar-refractivity contribution < 1.29 is 28.6 Å². The molecule has 4 saturated carbocycles. The fraction of sp³-hybridized carbons (Fsp3) is 0.521. The smallest absolute Gasteiger partial charge is 0.339 e. The van der Waals surface area contributed by atoms with Crippen molar-refractivity contribution in [3.63, 3.8) is 0 Å². The van der Waals surface area contributed by atoms with Crippen LogP contribution in [0.15, 0.2) is 72.8 Å². The van der Waals surface area contributed by atoms with E-state index in [1.807, 2.05) is 72.8 Å². The number of hydrogen-bond acceptors (Lipinski definition) is 6. The van der Waals surface area contributed by atoms with Crippen molar-refractivity contribution in [3.05, 3.63) is 83.9 Å². The summed E-state index contributed by atoms with van der Waals surface area (Å²) < 4.78 is 16.7. The lowest BCUT2D eigenvalue weighted by atomic mass is 9.44. The first-order valence-corrected chi connectivity index (χ1v) is 20.5. The topological polar surface area (TPSA) is 78.9 Å². The molecule has 54 heavy (non-hydrogen) atoms. The maximum absolute atomic E-state index is 14.4. The number of fused-ring (bicyclic) bond motifs is 7. The van der Waals surface area contributed by atoms with Crippen molar-refractivity contribution >= 4 is 39.5 Å². The van der Waals surface area contributed by atoms with Crippen molar-refractivity contribution in [2.45, 2.75) is 97.5 Å². The van der Waals surface area contributed by atoms with E-state index < -0.39 is 5.97 Å². The summed E-state index contributed by atoms with van der Waals surface area (Å²) in [4.78, 5) is 39.6. The SMILES string of the molecule is COC(=O)CC[C@@H](C)[C@H]1CC[C@H]2[C@@H]3CC[C@@H]4C[C@H](OC(=O)c5cc6ccccc6cc5-c5cc6ccccc6cc5C(=O)OC)CC[C@]4(C)[C@H]3CC[C@]12C. The van der Waals surface area contributed by atoms with Crippen molar-refractivity contribution in [1.82, 2.24) is 0 Å². The highest BCUT2D eigenvalue weighted by molar-refractivity contribution is 6.09. The van der Waals surface area contributed by atoms with E-state index in [0.717, 1.165) is 59.1 Å². The third-order valence-corrected chi connectivity index (χ3v) is 15.4. The molecule has 8 rings (SSSR count). The molecule has 4 aromatic rings. The van der Waals surface area contributed by atoms with Gasteiger partial charge in [-0.05, 0) is 167 Å². The number of carbonyl (C=O) groups excluding carboxylic acids is 3.